The number of benzene rings is 1. The number of rotatable bonds is 2. The molecule has 0 radical (unpaired) electrons. The molecule has 0 bridgehead atoms. The van der Waals surface area contributed by atoms with Crippen molar-refractivity contribution in [3.05, 3.63) is 56.4 Å². The van der Waals surface area contributed by atoms with E-state index in [1.807, 2.05) is 17.5 Å². The van der Waals surface area contributed by atoms with Crippen molar-refractivity contribution in [2.45, 2.75) is 6.04 Å². The highest BCUT2D eigenvalue weighted by Gasteiger charge is 2.17. The van der Waals surface area contributed by atoms with E-state index in [1.54, 1.807) is 12.1 Å². The summed E-state index contributed by atoms with van der Waals surface area (Å²) in [6.45, 7) is 0. The van der Waals surface area contributed by atoms with Crippen LogP contribution in [0.25, 0.3) is 0 Å². The molecule has 0 fully saturated rings. The summed E-state index contributed by atoms with van der Waals surface area (Å²) in [5.74, 6) is -0.273. The minimum absolute atomic E-state index is 0.273. The normalized spacial score (nSPS) is 12.7. The summed E-state index contributed by atoms with van der Waals surface area (Å²) in [4.78, 5) is 0.959. The second kappa shape index (κ2) is 4.43. The van der Waals surface area contributed by atoms with Gasteiger partial charge in [-0.15, -0.1) is 11.3 Å². The Morgan fingerprint density at radius 2 is 2.07 bits per heavy atom. The van der Waals surface area contributed by atoms with Gasteiger partial charge in [-0.2, -0.15) is 0 Å². The first kappa shape index (κ1) is 10.8. The van der Waals surface area contributed by atoms with Crippen LogP contribution in [0.1, 0.15) is 16.5 Å². The van der Waals surface area contributed by atoms with E-state index in [0.29, 0.717) is 10.0 Å². The first-order valence-electron chi connectivity index (χ1n) is 4.43. The van der Waals surface area contributed by atoms with Gasteiger partial charge in [-0.05, 0) is 23.6 Å². The summed E-state index contributed by atoms with van der Waals surface area (Å²) in [5, 5.41) is 1.93. The van der Waals surface area contributed by atoms with Crippen LogP contribution in [0.2, 0.25) is 0 Å². The van der Waals surface area contributed by atoms with E-state index >= 15 is 0 Å². The van der Waals surface area contributed by atoms with Crippen LogP contribution in [0.5, 0.6) is 0 Å². The summed E-state index contributed by atoms with van der Waals surface area (Å²) in [6, 6.07) is 8.30. The molecule has 1 nitrogen and oxygen atoms in total. The Bertz CT molecular complexity index is 435. The van der Waals surface area contributed by atoms with Crippen molar-refractivity contribution in [3.63, 3.8) is 0 Å². The standard InChI is InChI=1S/C11H9BrFNS/c12-7-3-1-4-8(13)10(7)11(14)9-5-2-6-15-9/h1-6,11H,14H2/t11-/m0/s1. The number of hydrogen-bond donors (Lipinski definition) is 1. The van der Waals surface area contributed by atoms with E-state index in [0.717, 1.165) is 4.88 Å². The number of nitrogens with two attached hydrogens (primary N) is 1. The maximum Gasteiger partial charge on any atom is 0.129 e. The largest absolute Gasteiger partial charge is 0.319 e. The molecule has 1 heterocycles. The molecule has 2 aromatic rings. The molecule has 0 spiro atoms. The van der Waals surface area contributed by atoms with Crippen LogP contribution in [0.4, 0.5) is 4.39 Å². The molecule has 1 aromatic carbocycles. The maximum atomic E-state index is 13.6. The van der Waals surface area contributed by atoms with Gasteiger partial charge >= 0.3 is 0 Å². The first-order valence-corrected chi connectivity index (χ1v) is 6.10. The Labute approximate surface area is 99.9 Å². The second-order valence-electron chi connectivity index (χ2n) is 3.13. The summed E-state index contributed by atoms with van der Waals surface area (Å²) in [7, 11) is 0. The zero-order valence-corrected chi connectivity index (χ0v) is 10.2. The Morgan fingerprint density at radius 3 is 2.67 bits per heavy atom. The lowest BCUT2D eigenvalue weighted by atomic mass is 10.1. The van der Waals surface area contributed by atoms with E-state index in [4.69, 9.17) is 5.73 Å². The van der Waals surface area contributed by atoms with Crippen LogP contribution >= 0.6 is 27.3 Å². The molecule has 2 N–H and O–H groups in total. The van der Waals surface area contributed by atoms with E-state index in [-0.39, 0.29) is 5.82 Å². The fourth-order valence-electron chi connectivity index (χ4n) is 1.42. The Balaban J connectivity index is 2.46. The van der Waals surface area contributed by atoms with Crippen molar-refractivity contribution in [1.29, 1.82) is 0 Å². The highest BCUT2D eigenvalue weighted by molar-refractivity contribution is 9.10. The quantitative estimate of drug-likeness (QED) is 0.895. The third-order valence-corrected chi connectivity index (χ3v) is 3.81. The van der Waals surface area contributed by atoms with Crippen LogP contribution in [-0.2, 0) is 0 Å². The third kappa shape index (κ3) is 2.12. The molecule has 78 valence electrons. The lowest BCUT2D eigenvalue weighted by molar-refractivity contribution is 0.599. The number of thiophene rings is 1. The predicted octanol–water partition coefficient (Wildman–Crippen LogP) is 3.70. The van der Waals surface area contributed by atoms with Crippen LogP contribution < -0.4 is 5.73 Å². The van der Waals surface area contributed by atoms with Gasteiger partial charge in [0.05, 0.1) is 6.04 Å². The van der Waals surface area contributed by atoms with Gasteiger partial charge in [-0.3, -0.25) is 0 Å². The van der Waals surface area contributed by atoms with Crippen LogP contribution in [-0.4, -0.2) is 0 Å². The monoisotopic (exact) mass is 285 g/mol. The summed E-state index contributed by atoms with van der Waals surface area (Å²) in [5.41, 5.74) is 6.52. The minimum atomic E-state index is -0.402. The molecule has 0 aliphatic carbocycles. The van der Waals surface area contributed by atoms with Crippen LogP contribution in [0.15, 0.2) is 40.2 Å². The zero-order chi connectivity index (χ0) is 10.8. The molecule has 0 amide bonds. The van der Waals surface area contributed by atoms with Crippen molar-refractivity contribution in [2.24, 2.45) is 5.73 Å². The lowest BCUT2D eigenvalue weighted by Crippen LogP contribution is -2.12. The Hall–Kier alpha value is -0.710. The lowest BCUT2D eigenvalue weighted by Gasteiger charge is -2.12. The molecule has 0 aliphatic heterocycles. The van der Waals surface area contributed by atoms with Crippen molar-refractivity contribution >= 4 is 27.3 Å². The molecule has 1 aromatic heterocycles. The molecule has 1 atom stereocenters. The molecule has 0 aliphatic rings. The predicted molar refractivity (Wildman–Crippen MR) is 64.4 cm³/mol. The van der Waals surface area contributed by atoms with E-state index in [1.165, 1.54) is 17.4 Å². The molecule has 15 heavy (non-hydrogen) atoms. The molecule has 4 heteroatoms. The van der Waals surface area contributed by atoms with E-state index in [2.05, 4.69) is 15.9 Å². The van der Waals surface area contributed by atoms with Gasteiger partial charge in [0, 0.05) is 14.9 Å². The van der Waals surface area contributed by atoms with Gasteiger partial charge in [0.15, 0.2) is 0 Å². The molecule has 0 unspecified atom stereocenters. The average molecular weight is 286 g/mol. The molecular weight excluding hydrogens is 277 g/mol. The van der Waals surface area contributed by atoms with Crippen molar-refractivity contribution in [2.75, 3.05) is 0 Å². The highest BCUT2D eigenvalue weighted by Crippen LogP contribution is 2.30. The van der Waals surface area contributed by atoms with E-state index in [9.17, 15) is 4.39 Å². The molecular formula is C11H9BrFNS. The topological polar surface area (TPSA) is 26.0 Å². The molecule has 0 saturated heterocycles. The summed E-state index contributed by atoms with van der Waals surface area (Å²) < 4.78 is 14.3. The minimum Gasteiger partial charge on any atom is -0.319 e. The highest BCUT2D eigenvalue weighted by atomic mass is 79.9. The summed E-state index contributed by atoms with van der Waals surface area (Å²) >= 11 is 4.85. The zero-order valence-electron chi connectivity index (χ0n) is 7.78. The maximum absolute atomic E-state index is 13.6. The van der Waals surface area contributed by atoms with Gasteiger partial charge < -0.3 is 5.73 Å². The van der Waals surface area contributed by atoms with Gasteiger partial charge in [0.25, 0.3) is 0 Å². The fraction of sp³-hybridized carbons (Fsp3) is 0.0909. The Kier molecular flexibility index (Phi) is 3.19. The van der Waals surface area contributed by atoms with Crippen molar-refractivity contribution < 1.29 is 4.39 Å². The SMILES string of the molecule is N[C@@H](c1cccs1)c1c(F)cccc1Br. The van der Waals surface area contributed by atoms with Crippen molar-refractivity contribution in [3.8, 4) is 0 Å². The number of halogens is 2. The molecule has 0 saturated carbocycles. The van der Waals surface area contributed by atoms with Gasteiger partial charge in [-0.1, -0.05) is 28.1 Å². The van der Waals surface area contributed by atoms with Crippen molar-refractivity contribution in [1.82, 2.24) is 0 Å². The number of hydrogen-bond acceptors (Lipinski definition) is 2. The van der Waals surface area contributed by atoms with E-state index < -0.39 is 6.04 Å². The smallest absolute Gasteiger partial charge is 0.129 e. The van der Waals surface area contributed by atoms with Crippen LogP contribution in [0.3, 0.4) is 0 Å². The van der Waals surface area contributed by atoms with Gasteiger partial charge in [0.2, 0.25) is 0 Å². The fourth-order valence-corrected chi connectivity index (χ4v) is 2.74. The van der Waals surface area contributed by atoms with Gasteiger partial charge in [-0.25, -0.2) is 4.39 Å². The third-order valence-electron chi connectivity index (χ3n) is 2.16. The summed E-state index contributed by atoms with van der Waals surface area (Å²) in [6.07, 6.45) is 0. The first-order chi connectivity index (χ1) is 7.20. The van der Waals surface area contributed by atoms with Gasteiger partial charge in [0.1, 0.15) is 5.82 Å². The van der Waals surface area contributed by atoms with Crippen LogP contribution in [0, 0.1) is 5.82 Å². The average Bonchev–Trinajstić information content (AvgIpc) is 2.69. The Morgan fingerprint density at radius 1 is 1.27 bits per heavy atom. The molecule has 2 rings (SSSR count). The second-order valence-corrected chi connectivity index (χ2v) is 4.96.